The third-order valence-electron chi connectivity index (χ3n) is 4.66. The zero-order valence-corrected chi connectivity index (χ0v) is 23.2. The number of ether oxygens (including phenoxy) is 3. The highest BCUT2D eigenvalue weighted by atomic mass is 79.9. The van der Waals surface area contributed by atoms with Gasteiger partial charge in [0, 0.05) is 10.6 Å². The van der Waals surface area contributed by atoms with Gasteiger partial charge in [0.05, 0.1) is 28.4 Å². The highest BCUT2D eigenvalue weighted by Crippen LogP contribution is 2.35. The van der Waals surface area contributed by atoms with E-state index in [4.69, 9.17) is 25.8 Å². The Kier molecular flexibility index (Phi) is 10.4. The van der Waals surface area contributed by atoms with Gasteiger partial charge in [0.1, 0.15) is 12.4 Å². The van der Waals surface area contributed by atoms with Gasteiger partial charge < -0.3 is 14.2 Å². The molecule has 3 aromatic rings. The Bertz CT molecular complexity index is 1160. The molecule has 0 spiro atoms. The van der Waals surface area contributed by atoms with E-state index in [1.807, 2.05) is 50.2 Å². The lowest BCUT2D eigenvalue weighted by molar-refractivity contribution is 0.0954. The van der Waals surface area contributed by atoms with E-state index in [9.17, 15) is 4.79 Å². The topological polar surface area (TPSA) is 69.2 Å². The smallest absolute Gasteiger partial charge is 0.271 e. The Morgan fingerprint density at radius 2 is 1.69 bits per heavy atom. The summed E-state index contributed by atoms with van der Waals surface area (Å²) in [5.41, 5.74) is 4.73. The van der Waals surface area contributed by atoms with Crippen molar-refractivity contribution in [1.29, 1.82) is 0 Å². The van der Waals surface area contributed by atoms with Crippen LogP contribution in [0.25, 0.3) is 0 Å². The quantitative estimate of drug-likeness (QED) is 0.178. The first-order valence-electron chi connectivity index (χ1n) is 11.0. The van der Waals surface area contributed by atoms with Gasteiger partial charge in [-0.1, -0.05) is 30.7 Å². The van der Waals surface area contributed by atoms with Gasteiger partial charge in [-0.2, -0.15) is 5.10 Å². The summed E-state index contributed by atoms with van der Waals surface area (Å²) >= 11 is 13.0. The van der Waals surface area contributed by atoms with E-state index >= 15 is 0 Å². The minimum absolute atomic E-state index is 0.356. The van der Waals surface area contributed by atoms with Gasteiger partial charge in [-0.25, -0.2) is 5.43 Å². The first-order valence-corrected chi connectivity index (χ1v) is 13.0. The van der Waals surface area contributed by atoms with E-state index in [-0.39, 0.29) is 5.91 Å². The number of nitrogens with one attached hydrogen (secondary N) is 1. The van der Waals surface area contributed by atoms with E-state index in [0.717, 1.165) is 26.5 Å². The van der Waals surface area contributed by atoms with Gasteiger partial charge in [-0.15, -0.1) is 0 Å². The van der Waals surface area contributed by atoms with Crippen molar-refractivity contribution in [3.8, 4) is 17.2 Å². The van der Waals surface area contributed by atoms with Crippen molar-refractivity contribution in [2.45, 2.75) is 26.9 Å². The Hall–Kier alpha value is -2.55. The van der Waals surface area contributed by atoms with Crippen LogP contribution in [0.5, 0.6) is 17.2 Å². The summed E-state index contributed by atoms with van der Waals surface area (Å²) in [5, 5.41) is 4.77. The summed E-state index contributed by atoms with van der Waals surface area (Å²) in [4.78, 5) is 12.6. The lowest BCUT2D eigenvalue weighted by Gasteiger charge is -2.12. The molecule has 6 nitrogen and oxygen atoms in total. The summed E-state index contributed by atoms with van der Waals surface area (Å²) in [5.74, 6) is 1.45. The first kappa shape index (κ1) is 27.0. The monoisotopic (exact) mass is 622 g/mol. The van der Waals surface area contributed by atoms with Crippen molar-refractivity contribution in [3.05, 3.63) is 85.3 Å². The zero-order valence-electron chi connectivity index (χ0n) is 19.3. The van der Waals surface area contributed by atoms with Gasteiger partial charge in [0.2, 0.25) is 0 Å². The number of hydrogen-bond acceptors (Lipinski definition) is 5. The van der Waals surface area contributed by atoms with Crippen LogP contribution >= 0.6 is 43.5 Å². The fourth-order valence-electron chi connectivity index (χ4n) is 3.01. The van der Waals surface area contributed by atoms with Gasteiger partial charge in [0.15, 0.2) is 11.5 Å². The maximum Gasteiger partial charge on any atom is 0.271 e. The van der Waals surface area contributed by atoms with Crippen LogP contribution in [-0.4, -0.2) is 25.3 Å². The summed E-state index contributed by atoms with van der Waals surface area (Å²) in [6, 6.07) is 16.2. The summed E-state index contributed by atoms with van der Waals surface area (Å²) < 4.78 is 18.7. The maximum atomic E-state index is 12.6. The molecule has 0 saturated carbocycles. The van der Waals surface area contributed by atoms with Crippen molar-refractivity contribution in [2.24, 2.45) is 5.10 Å². The third-order valence-corrected chi connectivity index (χ3v) is 6.09. The van der Waals surface area contributed by atoms with Crippen LogP contribution in [-0.2, 0) is 6.61 Å². The molecule has 0 fully saturated rings. The van der Waals surface area contributed by atoms with E-state index in [2.05, 4.69) is 42.4 Å². The molecule has 1 amide bonds. The number of carbonyl (C=O) groups is 1. The molecule has 0 aromatic heterocycles. The largest absolute Gasteiger partial charge is 0.490 e. The number of halogens is 3. The molecular formula is C26H25Br2ClN2O4. The van der Waals surface area contributed by atoms with Crippen LogP contribution in [0.2, 0.25) is 5.02 Å². The average molecular weight is 625 g/mol. The van der Waals surface area contributed by atoms with Gasteiger partial charge in [0.25, 0.3) is 5.91 Å². The molecule has 9 heteroatoms. The second-order valence-electron chi connectivity index (χ2n) is 7.37. The van der Waals surface area contributed by atoms with E-state index in [1.54, 1.807) is 24.4 Å². The molecule has 35 heavy (non-hydrogen) atoms. The molecule has 0 unspecified atom stereocenters. The molecule has 3 rings (SSSR count). The van der Waals surface area contributed by atoms with Crippen molar-refractivity contribution < 1.29 is 19.0 Å². The van der Waals surface area contributed by atoms with Crippen LogP contribution in [0, 0.1) is 0 Å². The third kappa shape index (κ3) is 7.98. The van der Waals surface area contributed by atoms with E-state index in [1.165, 1.54) is 0 Å². The molecule has 0 saturated heterocycles. The standard InChI is InChI=1S/C26H25Br2ClN2O4/c1-3-11-34-23-10-7-19(14-24(23)33-4-2)26(32)31-30-15-18-12-21(27)25(22(28)13-18)35-16-17-5-8-20(29)9-6-17/h5-10,12-15H,3-4,11,16H2,1-2H3,(H,31,32)/b30-15+. The Morgan fingerprint density at radius 1 is 0.971 bits per heavy atom. The Balaban J connectivity index is 1.64. The van der Waals surface area contributed by atoms with Crippen molar-refractivity contribution in [1.82, 2.24) is 5.43 Å². The number of benzene rings is 3. The molecular weight excluding hydrogens is 600 g/mol. The zero-order chi connectivity index (χ0) is 25.2. The highest BCUT2D eigenvalue weighted by molar-refractivity contribution is 9.11. The molecule has 0 heterocycles. The highest BCUT2D eigenvalue weighted by Gasteiger charge is 2.12. The predicted octanol–water partition coefficient (Wildman–Crippen LogP) is 7.40. The molecule has 184 valence electrons. The maximum absolute atomic E-state index is 12.6. The Labute approximate surface area is 226 Å². The Morgan fingerprint density at radius 3 is 2.34 bits per heavy atom. The summed E-state index contributed by atoms with van der Waals surface area (Å²) in [7, 11) is 0. The molecule has 0 radical (unpaired) electrons. The summed E-state index contributed by atoms with van der Waals surface area (Å²) in [6.07, 6.45) is 2.43. The van der Waals surface area contributed by atoms with Crippen molar-refractivity contribution in [3.63, 3.8) is 0 Å². The second-order valence-corrected chi connectivity index (χ2v) is 9.52. The summed E-state index contributed by atoms with van der Waals surface area (Å²) in [6.45, 7) is 5.34. The minimum Gasteiger partial charge on any atom is -0.490 e. The van der Waals surface area contributed by atoms with Gasteiger partial charge in [-0.3, -0.25) is 4.79 Å². The van der Waals surface area contributed by atoms with Crippen LogP contribution in [0.1, 0.15) is 41.8 Å². The lowest BCUT2D eigenvalue weighted by Crippen LogP contribution is -2.17. The molecule has 0 aliphatic carbocycles. The molecule has 1 N–H and O–H groups in total. The molecule has 0 atom stereocenters. The van der Waals surface area contributed by atoms with Crippen LogP contribution in [0.15, 0.2) is 68.6 Å². The van der Waals surface area contributed by atoms with Crippen LogP contribution in [0.3, 0.4) is 0 Å². The van der Waals surface area contributed by atoms with Crippen LogP contribution in [0.4, 0.5) is 0 Å². The SMILES string of the molecule is CCCOc1ccc(C(=O)N/N=C/c2cc(Br)c(OCc3ccc(Cl)cc3)c(Br)c2)cc1OCC. The lowest BCUT2D eigenvalue weighted by atomic mass is 10.2. The average Bonchev–Trinajstić information content (AvgIpc) is 2.84. The van der Waals surface area contributed by atoms with E-state index in [0.29, 0.717) is 47.7 Å². The number of amides is 1. The van der Waals surface area contributed by atoms with Crippen molar-refractivity contribution in [2.75, 3.05) is 13.2 Å². The molecule has 0 aliphatic heterocycles. The predicted molar refractivity (Wildman–Crippen MR) is 146 cm³/mol. The number of hydrogen-bond donors (Lipinski definition) is 1. The number of hydrazone groups is 1. The minimum atomic E-state index is -0.356. The van der Waals surface area contributed by atoms with Crippen molar-refractivity contribution >= 4 is 55.6 Å². The molecule has 0 aliphatic rings. The first-order chi connectivity index (χ1) is 16.9. The van der Waals surface area contributed by atoms with Gasteiger partial charge in [-0.05, 0) is 98.8 Å². The number of carbonyl (C=O) groups excluding carboxylic acids is 1. The fourth-order valence-corrected chi connectivity index (χ4v) is 4.58. The second kappa shape index (κ2) is 13.5. The van der Waals surface area contributed by atoms with E-state index < -0.39 is 0 Å². The van der Waals surface area contributed by atoms with Gasteiger partial charge >= 0.3 is 0 Å². The number of nitrogens with zero attached hydrogens (tertiary/aromatic N) is 1. The fraction of sp³-hybridized carbons (Fsp3) is 0.231. The molecule has 3 aromatic carbocycles. The molecule has 0 bridgehead atoms. The normalized spacial score (nSPS) is 10.9. The number of rotatable bonds is 11. The van der Waals surface area contributed by atoms with Crippen LogP contribution < -0.4 is 19.6 Å².